The predicted molar refractivity (Wildman–Crippen MR) is 76.7 cm³/mol. The minimum absolute atomic E-state index is 0.206. The molecule has 0 unspecified atom stereocenters. The van der Waals surface area contributed by atoms with E-state index >= 15 is 0 Å². The summed E-state index contributed by atoms with van der Waals surface area (Å²) in [6.45, 7) is 0.587. The van der Waals surface area contributed by atoms with Crippen molar-refractivity contribution in [2.75, 3.05) is 31.3 Å². The van der Waals surface area contributed by atoms with E-state index in [1.165, 1.54) is 0 Å². The Bertz CT molecular complexity index is 560. The van der Waals surface area contributed by atoms with E-state index in [9.17, 15) is 4.39 Å². The third kappa shape index (κ3) is 3.57. The highest BCUT2D eigenvalue weighted by Crippen LogP contribution is 2.13. The molecule has 0 aliphatic rings. The highest BCUT2D eigenvalue weighted by Gasteiger charge is 2.05. The number of anilines is 2. The fourth-order valence-electron chi connectivity index (χ4n) is 1.73. The van der Waals surface area contributed by atoms with Crippen molar-refractivity contribution in [2.45, 2.75) is 6.42 Å². The second-order valence-corrected chi connectivity index (χ2v) is 4.17. The van der Waals surface area contributed by atoms with Crippen LogP contribution in [0.5, 0.6) is 5.75 Å². The summed E-state index contributed by atoms with van der Waals surface area (Å²) in [5.41, 5.74) is 1.14. The molecule has 0 saturated carbocycles. The molecular weight excluding hydrogens is 259 g/mol. The van der Waals surface area contributed by atoms with Crippen LogP contribution in [0.4, 0.5) is 16.2 Å². The molecular formula is C14H17FN4O. The van der Waals surface area contributed by atoms with Crippen LogP contribution in [0.3, 0.4) is 0 Å². The van der Waals surface area contributed by atoms with Gasteiger partial charge in [-0.15, -0.1) is 0 Å². The third-order valence-electron chi connectivity index (χ3n) is 2.83. The first-order chi connectivity index (χ1) is 9.72. The van der Waals surface area contributed by atoms with Crippen molar-refractivity contribution in [3.05, 3.63) is 41.8 Å². The van der Waals surface area contributed by atoms with Gasteiger partial charge in [0.25, 0.3) is 0 Å². The van der Waals surface area contributed by atoms with Crippen molar-refractivity contribution < 1.29 is 9.13 Å². The summed E-state index contributed by atoms with van der Waals surface area (Å²) in [4.78, 5) is 7.81. The average Bonchev–Trinajstić information content (AvgIpc) is 2.50. The zero-order valence-corrected chi connectivity index (χ0v) is 11.5. The molecule has 1 heterocycles. The molecule has 0 aliphatic carbocycles. The van der Waals surface area contributed by atoms with Crippen LogP contribution in [-0.2, 0) is 6.42 Å². The van der Waals surface area contributed by atoms with Gasteiger partial charge < -0.3 is 15.4 Å². The quantitative estimate of drug-likeness (QED) is 0.848. The molecule has 1 aromatic carbocycles. The topological polar surface area (TPSA) is 59.1 Å². The van der Waals surface area contributed by atoms with Gasteiger partial charge in [-0.3, -0.25) is 0 Å². The van der Waals surface area contributed by atoms with Crippen molar-refractivity contribution in [2.24, 2.45) is 0 Å². The summed E-state index contributed by atoms with van der Waals surface area (Å²) in [7, 11) is 3.32. The van der Waals surface area contributed by atoms with Crippen LogP contribution in [0.2, 0.25) is 0 Å². The number of ether oxygens (including phenoxy) is 1. The highest BCUT2D eigenvalue weighted by atomic mass is 19.1. The molecule has 0 aliphatic heterocycles. The Morgan fingerprint density at radius 3 is 2.65 bits per heavy atom. The molecule has 20 heavy (non-hydrogen) atoms. The van der Waals surface area contributed by atoms with Crippen LogP contribution in [0.1, 0.15) is 5.56 Å². The second kappa shape index (κ2) is 6.70. The molecule has 2 aromatic rings. The summed E-state index contributed by atoms with van der Waals surface area (Å²) < 4.78 is 18.6. The minimum Gasteiger partial charge on any atom is -0.497 e. The van der Waals surface area contributed by atoms with E-state index in [4.69, 9.17) is 4.74 Å². The van der Waals surface area contributed by atoms with Gasteiger partial charge >= 0.3 is 0 Å². The molecule has 2 rings (SSSR count). The smallest absolute Gasteiger partial charge is 0.224 e. The standard InChI is InChI=1S/C14H17FN4O/c1-16-14-18-9-12(15)13(19-14)17-8-7-10-3-5-11(20-2)6-4-10/h3-6,9H,7-8H2,1-2H3,(H2,16,17,18,19). The van der Waals surface area contributed by atoms with Crippen molar-refractivity contribution in [3.8, 4) is 5.75 Å². The molecule has 0 saturated heterocycles. The minimum atomic E-state index is -0.460. The first-order valence-corrected chi connectivity index (χ1v) is 6.30. The summed E-state index contributed by atoms with van der Waals surface area (Å²) in [6.07, 6.45) is 1.91. The van der Waals surface area contributed by atoms with Gasteiger partial charge in [0.1, 0.15) is 5.75 Å². The number of rotatable bonds is 6. The van der Waals surface area contributed by atoms with Crippen LogP contribution in [0, 0.1) is 5.82 Å². The first kappa shape index (κ1) is 14.0. The Labute approximate surface area is 117 Å². The van der Waals surface area contributed by atoms with Crippen molar-refractivity contribution >= 4 is 11.8 Å². The molecule has 6 heteroatoms. The molecule has 0 atom stereocenters. The maximum atomic E-state index is 13.5. The lowest BCUT2D eigenvalue weighted by Gasteiger charge is -2.08. The van der Waals surface area contributed by atoms with Crippen LogP contribution >= 0.6 is 0 Å². The number of aromatic nitrogens is 2. The van der Waals surface area contributed by atoms with E-state index in [1.54, 1.807) is 14.2 Å². The van der Waals surface area contributed by atoms with Gasteiger partial charge in [0.15, 0.2) is 11.6 Å². The third-order valence-corrected chi connectivity index (χ3v) is 2.83. The number of hydrogen-bond donors (Lipinski definition) is 2. The highest BCUT2D eigenvalue weighted by molar-refractivity contribution is 5.41. The maximum Gasteiger partial charge on any atom is 0.224 e. The maximum absolute atomic E-state index is 13.5. The van der Waals surface area contributed by atoms with E-state index in [1.807, 2.05) is 24.3 Å². The number of nitrogens with zero attached hydrogens (tertiary/aromatic N) is 2. The van der Waals surface area contributed by atoms with E-state index < -0.39 is 5.82 Å². The fraction of sp³-hybridized carbons (Fsp3) is 0.286. The molecule has 0 amide bonds. The lowest BCUT2D eigenvalue weighted by Crippen LogP contribution is -2.10. The van der Waals surface area contributed by atoms with Crippen molar-refractivity contribution in [1.29, 1.82) is 0 Å². The summed E-state index contributed by atoms with van der Waals surface area (Å²) in [5, 5.41) is 5.74. The lowest BCUT2D eigenvalue weighted by atomic mass is 10.1. The first-order valence-electron chi connectivity index (χ1n) is 6.30. The SMILES string of the molecule is CNc1ncc(F)c(NCCc2ccc(OC)cc2)n1. The van der Waals surface area contributed by atoms with E-state index in [2.05, 4.69) is 20.6 Å². The van der Waals surface area contributed by atoms with E-state index in [0.29, 0.717) is 12.5 Å². The zero-order chi connectivity index (χ0) is 14.4. The van der Waals surface area contributed by atoms with Gasteiger partial charge in [0, 0.05) is 13.6 Å². The Hall–Kier alpha value is -2.37. The van der Waals surface area contributed by atoms with Gasteiger partial charge in [-0.25, -0.2) is 9.37 Å². The summed E-state index contributed by atoms with van der Waals surface area (Å²) in [5.74, 6) is 0.956. The monoisotopic (exact) mass is 276 g/mol. The molecule has 0 bridgehead atoms. The largest absolute Gasteiger partial charge is 0.497 e. The number of hydrogen-bond acceptors (Lipinski definition) is 5. The molecule has 5 nitrogen and oxygen atoms in total. The van der Waals surface area contributed by atoms with Gasteiger partial charge in [0.05, 0.1) is 13.3 Å². The summed E-state index contributed by atoms with van der Waals surface area (Å²) in [6, 6.07) is 7.77. The van der Waals surface area contributed by atoms with Gasteiger partial charge in [-0.05, 0) is 24.1 Å². The number of benzene rings is 1. The van der Waals surface area contributed by atoms with Gasteiger partial charge in [0.2, 0.25) is 5.95 Å². The van der Waals surface area contributed by atoms with E-state index in [-0.39, 0.29) is 5.82 Å². The molecule has 0 radical (unpaired) electrons. The Kier molecular flexibility index (Phi) is 4.70. The number of halogens is 1. The van der Waals surface area contributed by atoms with E-state index in [0.717, 1.165) is 23.9 Å². The number of nitrogens with one attached hydrogen (secondary N) is 2. The normalized spacial score (nSPS) is 10.2. The van der Waals surface area contributed by atoms with Crippen molar-refractivity contribution in [1.82, 2.24) is 9.97 Å². The lowest BCUT2D eigenvalue weighted by molar-refractivity contribution is 0.414. The van der Waals surface area contributed by atoms with Crippen LogP contribution in [0.25, 0.3) is 0 Å². The Balaban J connectivity index is 1.91. The predicted octanol–water partition coefficient (Wildman–Crippen LogP) is 2.32. The number of methoxy groups -OCH3 is 1. The second-order valence-electron chi connectivity index (χ2n) is 4.17. The summed E-state index contributed by atoms with van der Waals surface area (Å²) >= 11 is 0. The van der Waals surface area contributed by atoms with Crippen molar-refractivity contribution in [3.63, 3.8) is 0 Å². The van der Waals surface area contributed by atoms with Gasteiger partial charge in [-0.1, -0.05) is 12.1 Å². The zero-order valence-electron chi connectivity index (χ0n) is 11.5. The van der Waals surface area contributed by atoms with Crippen LogP contribution in [0.15, 0.2) is 30.5 Å². The van der Waals surface area contributed by atoms with Gasteiger partial charge in [-0.2, -0.15) is 4.98 Å². The molecule has 0 spiro atoms. The fourth-order valence-corrected chi connectivity index (χ4v) is 1.73. The molecule has 1 aromatic heterocycles. The molecule has 0 fully saturated rings. The van der Waals surface area contributed by atoms with Crippen LogP contribution < -0.4 is 15.4 Å². The Morgan fingerprint density at radius 2 is 2.00 bits per heavy atom. The molecule has 2 N–H and O–H groups in total. The van der Waals surface area contributed by atoms with Crippen LogP contribution in [-0.4, -0.2) is 30.7 Å². The Morgan fingerprint density at radius 1 is 1.25 bits per heavy atom. The molecule has 106 valence electrons. The average molecular weight is 276 g/mol.